The molecule has 0 aliphatic carbocycles. The SMILES string of the molecule is CCOc1ccc(CNc2nc3nc(CNc4ccccc4F)cc(=O)n3[nH]2)cc1. The lowest BCUT2D eigenvalue weighted by atomic mass is 10.2. The van der Waals surface area contributed by atoms with E-state index >= 15 is 0 Å². The molecule has 0 saturated heterocycles. The number of H-pyrrole nitrogens is 1. The molecule has 0 bridgehead atoms. The van der Waals surface area contributed by atoms with Gasteiger partial charge in [0.15, 0.2) is 0 Å². The first-order chi connectivity index (χ1) is 14.6. The Morgan fingerprint density at radius 3 is 2.63 bits per heavy atom. The molecule has 4 aromatic rings. The Balaban J connectivity index is 1.45. The van der Waals surface area contributed by atoms with Gasteiger partial charge in [0.05, 0.1) is 24.5 Å². The number of anilines is 2. The van der Waals surface area contributed by atoms with Gasteiger partial charge in [-0.15, -0.1) is 0 Å². The second-order valence-electron chi connectivity index (χ2n) is 6.56. The standard InChI is InChI=1S/C21H21FN6O2/c1-2-30-16-9-7-14(8-10-16)12-24-20-26-21-25-15(11-19(29)28(21)27-20)13-23-18-6-4-3-5-17(18)22/h3-11,23H,2,12-13H2,1H3,(H2,24,25,26,27). The van der Waals surface area contributed by atoms with Crippen molar-refractivity contribution in [1.29, 1.82) is 0 Å². The van der Waals surface area contributed by atoms with Gasteiger partial charge in [0.2, 0.25) is 5.95 Å². The van der Waals surface area contributed by atoms with E-state index in [0.29, 0.717) is 30.5 Å². The number of halogens is 1. The maximum atomic E-state index is 13.7. The summed E-state index contributed by atoms with van der Waals surface area (Å²) < 4.78 is 20.4. The van der Waals surface area contributed by atoms with Gasteiger partial charge in [0, 0.05) is 12.6 Å². The van der Waals surface area contributed by atoms with E-state index < -0.39 is 0 Å². The van der Waals surface area contributed by atoms with Gasteiger partial charge in [-0.25, -0.2) is 9.37 Å². The summed E-state index contributed by atoms with van der Waals surface area (Å²) in [5.41, 5.74) is 1.55. The van der Waals surface area contributed by atoms with Crippen molar-refractivity contribution in [1.82, 2.24) is 19.6 Å². The molecule has 8 nitrogen and oxygen atoms in total. The number of para-hydroxylation sites is 1. The average Bonchev–Trinajstić information content (AvgIpc) is 3.17. The van der Waals surface area contributed by atoms with E-state index in [1.807, 2.05) is 31.2 Å². The van der Waals surface area contributed by atoms with Gasteiger partial charge in [-0.05, 0) is 36.8 Å². The van der Waals surface area contributed by atoms with Crippen LogP contribution in [0.4, 0.5) is 16.0 Å². The van der Waals surface area contributed by atoms with Gasteiger partial charge in [-0.1, -0.05) is 24.3 Å². The summed E-state index contributed by atoms with van der Waals surface area (Å²) in [7, 11) is 0. The highest BCUT2D eigenvalue weighted by Crippen LogP contribution is 2.14. The molecule has 2 heterocycles. The van der Waals surface area contributed by atoms with Crippen LogP contribution in [0.3, 0.4) is 0 Å². The number of rotatable bonds is 8. The summed E-state index contributed by atoms with van der Waals surface area (Å²) >= 11 is 0. The minimum absolute atomic E-state index is 0.203. The summed E-state index contributed by atoms with van der Waals surface area (Å²) in [4.78, 5) is 21.1. The Hall–Kier alpha value is -3.88. The van der Waals surface area contributed by atoms with Crippen molar-refractivity contribution in [2.75, 3.05) is 17.2 Å². The Morgan fingerprint density at radius 2 is 1.87 bits per heavy atom. The second-order valence-corrected chi connectivity index (χ2v) is 6.56. The Morgan fingerprint density at radius 1 is 1.07 bits per heavy atom. The summed E-state index contributed by atoms with van der Waals surface area (Å²) in [5.74, 6) is 1.11. The monoisotopic (exact) mass is 408 g/mol. The summed E-state index contributed by atoms with van der Waals surface area (Å²) in [6.07, 6.45) is 0. The first-order valence-corrected chi connectivity index (χ1v) is 9.55. The number of aromatic amines is 1. The number of benzene rings is 2. The van der Waals surface area contributed by atoms with Gasteiger partial charge >= 0.3 is 0 Å². The molecule has 0 aliphatic heterocycles. The van der Waals surface area contributed by atoms with Crippen molar-refractivity contribution in [2.45, 2.75) is 20.0 Å². The van der Waals surface area contributed by atoms with Gasteiger partial charge in [-0.3, -0.25) is 9.89 Å². The fourth-order valence-corrected chi connectivity index (χ4v) is 2.94. The number of hydrogen-bond donors (Lipinski definition) is 3. The molecular weight excluding hydrogens is 387 g/mol. The van der Waals surface area contributed by atoms with Crippen LogP contribution in [-0.4, -0.2) is 26.2 Å². The molecule has 4 rings (SSSR count). The molecule has 0 saturated carbocycles. The minimum atomic E-state index is -0.365. The van der Waals surface area contributed by atoms with Crippen LogP contribution >= 0.6 is 0 Å². The molecule has 0 radical (unpaired) electrons. The van der Waals surface area contributed by atoms with Crippen molar-refractivity contribution in [3.63, 3.8) is 0 Å². The van der Waals surface area contributed by atoms with Crippen LogP contribution in [0, 0.1) is 5.82 Å². The zero-order valence-corrected chi connectivity index (χ0v) is 16.4. The summed E-state index contributed by atoms with van der Waals surface area (Å²) in [6, 6.07) is 15.4. The molecule has 0 aliphatic rings. The zero-order valence-electron chi connectivity index (χ0n) is 16.4. The maximum Gasteiger partial charge on any atom is 0.274 e. The quantitative estimate of drug-likeness (QED) is 0.414. The van der Waals surface area contributed by atoms with Crippen LogP contribution < -0.4 is 20.9 Å². The van der Waals surface area contributed by atoms with Crippen LogP contribution in [-0.2, 0) is 13.1 Å². The fraction of sp³-hybridized carbons (Fsp3) is 0.190. The van der Waals surface area contributed by atoms with Gasteiger partial charge in [-0.2, -0.15) is 9.50 Å². The zero-order chi connectivity index (χ0) is 20.9. The molecule has 0 amide bonds. The molecule has 3 N–H and O–H groups in total. The van der Waals surface area contributed by atoms with Crippen molar-refractivity contribution < 1.29 is 9.13 Å². The van der Waals surface area contributed by atoms with Gasteiger partial charge < -0.3 is 15.4 Å². The topological polar surface area (TPSA) is 96.3 Å². The average molecular weight is 408 g/mol. The van der Waals surface area contributed by atoms with Crippen molar-refractivity contribution in [2.24, 2.45) is 0 Å². The van der Waals surface area contributed by atoms with Crippen LogP contribution in [0.2, 0.25) is 0 Å². The molecule has 2 aromatic heterocycles. The lowest BCUT2D eigenvalue weighted by Crippen LogP contribution is -2.17. The van der Waals surface area contributed by atoms with Crippen LogP contribution in [0.15, 0.2) is 59.4 Å². The van der Waals surface area contributed by atoms with Crippen molar-refractivity contribution in [3.8, 4) is 5.75 Å². The first-order valence-electron chi connectivity index (χ1n) is 9.55. The highest BCUT2D eigenvalue weighted by atomic mass is 19.1. The van der Waals surface area contributed by atoms with E-state index in [0.717, 1.165) is 11.3 Å². The number of ether oxygens (including phenoxy) is 1. The van der Waals surface area contributed by atoms with E-state index in [1.54, 1.807) is 18.2 Å². The largest absolute Gasteiger partial charge is 0.494 e. The number of nitrogens with zero attached hydrogens (tertiary/aromatic N) is 3. The van der Waals surface area contributed by atoms with Crippen molar-refractivity contribution in [3.05, 3.63) is 82.0 Å². The minimum Gasteiger partial charge on any atom is -0.494 e. The predicted molar refractivity (Wildman–Crippen MR) is 112 cm³/mol. The molecule has 154 valence electrons. The first kappa shape index (κ1) is 19.4. The van der Waals surface area contributed by atoms with Crippen LogP contribution in [0.25, 0.3) is 5.78 Å². The molecule has 30 heavy (non-hydrogen) atoms. The summed E-state index contributed by atoms with van der Waals surface area (Å²) in [5, 5.41) is 8.97. The van der Waals surface area contributed by atoms with E-state index in [2.05, 4.69) is 25.7 Å². The Bertz CT molecular complexity index is 1200. The van der Waals surface area contributed by atoms with Gasteiger partial charge in [0.25, 0.3) is 11.3 Å². The maximum absolute atomic E-state index is 13.7. The normalized spacial score (nSPS) is 10.9. The molecule has 2 aromatic carbocycles. The van der Waals surface area contributed by atoms with Crippen LogP contribution in [0.1, 0.15) is 18.2 Å². The molecule has 0 fully saturated rings. The fourth-order valence-electron chi connectivity index (χ4n) is 2.94. The second kappa shape index (κ2) is 8.64. The molecular formula is C21H21FN6O2. The van der Waals surface area contributed by atoms with Crippen LogP contribution in [0.5, 0.6) is 5.75 Å². The van der Waals surface area contributed by atoms with E-state index in [9.17, 15) is 9.18 Å². The van der Waals surface area contributed by atoms with Gasteiger partial charge in [0.1, 0.15) is 11.6 Å². The van der Waals surface area contributed by atoms with E-state index in [-0.39, 0.29) is 23.7 Å². The van der Waals surface area contributed by atoms with E-state index in [1.165, 1.54) is 16.6 Å². The third-order valence-corrected chi connectivity index (χ3v) is 4.41. The number of hydrogen-bond acceptors (Lipinski definition) is 6. The molecule has 9 heteroatoms. The van der Waals surface area contributed by atoms with E-state index in [4.69, 9.17) is 4.74 Å². The molecule has 0 atom stereocenters. The Labute approximate surface area is 171 Å². The highest BCUT2D eigenvalue weighted by molar-refractivity contribution is 5.45. The third-order valence-electron chi connectivity index (χ3n) is 4.41. The number of aromatic nitrogens is 4. The molecule has 0 unspecified atom stereocenters. The lowest BCUT2D eigenvalue weighted by molar-refractivity contribution is 0.340. The highest BCUT2D eigenvalue weighted by Gasteiger charge is 2.09. The summed E-state index contributed by atoms with van der Waals surface area (Å²) in [6.45, 7) is 3.28. The predicted octanol–water partition coefficient (Wildman–Crippen LogP) is 3.18. The lowest BCUT2D eigenvalue weighted by Gasteiger charge is -2.06. The molecule has 0 spiro atoms. The third kappa shape index (κ3) is 4.40. The smallest absolute Gasteiger partial charge is 0.274 e. The number of fused-ring (bicyclic) bond motifs is 1. The number of nitrogens with one attached hydrogen (secondary N) is 3. The Kier molecular flexibility index (Phi) is 5.60. The van der Waals surface area contributed by atoms with Crippen molar-refractivity contribution >= 4 is 17.4 Å².